The summed E-state index contributed by atoms with van der Waals surface area (Å²) < 4.78 is 19.2. The number of halogens is 2. The highest BCUT2D eigenvalue weighted by molar-refractivity contribution is 6.30. The Balaban J connectivity index is 1.72. The molecular formula is C23H20ClFN4O3. The minimum atomic E-state index is -1.01. The summed E-state index contributed by atoms with van der Waals surface area (Å²) in [5.41, 5.74) is 2.82. The molecule has 0 spiro atoms. The van der Waals surface area contributed by atoms with Gasteiger partial charge in [-0.1, -0.05) is 29.8 Å². The van der Waals surface area contributed by atoms with Crippen molar-refractivity contribution in [1.82, 2.24) is 9.97 Å². The molecule has 1 aromatic heterocycles. The maximum absolute atomic E-state index is 13.7. The summed E-state index contributed by atoms with van der Waals surface area (Å²) in [7, 11) is 0. The second kappa shape index (κ2) is 9.76. The third-order valence-corrected chi connectivity index (χ3v) is 5.03. The largest absolute Gasteiger partial charge is 0.478 e. The molecule has 1 fully saturated rings. The van der Waals surface area contributed by atoms with Gasteiger partial charge in [-0.05, 0) is 41.5 Å². The predicted molar refractivity (Wildman–Crippen MR) is 122 cm³/mol. The zero-order valence-electron chi connectivity index (χ0n) is 17.0. The zero-order valence-corrected chi connectivity index (χ0v) is 17.7. The SMILES string of the molecule is O=C(O)/C=C/c1cccc(-c2cnc(Nc3cc(F)cc(Cl)c3)nc2N2CCOCC2)c1. The number of aromatic nitrogens is 2. The van der Waals surface area contributed by atoms with E-state index in [1.165, 1.54) is 18.2 Å². The fourth-order valence-corrected chi connectivity index (χ4v) is 3.61. The Morgan fingerprint density at radius 3 is 2.78 bits per heavy atom. The van der Waals surface area contributed by atoms with Crippen molar-refractivity contribution in [1.29, 1.82) is 0 Å². The number of nitrogens with zero attached hydrogens (tertiary/aromatic N) is 3. The molecule has 0 bridgehead atoms. The normalized spacial score (nSPS) is 14.0. The summed E-state index contributed by atoms with van der Waals surface area (Å²) in [6.07, 6.45) is 4.32. The predicted octanol–water partition coefficient (Wildman–Crippen LogP) is 4.61. The minimum absolute atomic E-state index is 0.267. The summed E-state index contributed by atoms with van der Waals surface area (Å²) in [5.74, 6) is -0.469. The Bertz CT molecular complexity index is 1150. The average molecular weight is 455 g/mol. The van der Waals surface area contributed by atoms with E-state index in [9.17, 15) is 9.18 Å². The number of benzene rings is 2. The van der Waals surface area contributed by atoms with Gasteiger partial charge in [0.15, 0.2) is 0 Å². The van der Waals surface area contributed by atoms with Crippen LogP contribution >= 0.6 is 11.6 Å². The van der Waals surface area contributed by atoms with Gasteiger partial charge in [0.25, 0.3) is 0 Å². The number of rotatable bonds is 6. The van der Waals surface area contributed by atoms with Crippen LogP contribution in [0, 0.1) is 5.82 Å². The zero-order chi connectivity index (χ0) is 22.5. The van der Waals surface area contributed by atoms with Crippen molar-refractivity contribution < 1.29 is 19.0 Å². The van der Waals surface area contributed by atoms with E-state index in [1.54, 1.807) is 12.3 Å². The number of morpholine rings is 1. The number of aliphatic carboxylic acids is 1. The molecule has 0 unspecified atom stereocenters. The molecule has 7 nitrogen and oxygen atoms in total. The van der Waals surface area contributed by atoms with Crippen molar-refractivity contribution in [2.45, 2.75) is 0 Å². The van der Waals surface area contributed by atoms with Gasteiger partial charge in [-0.15, -0.1) is 0 Å². The van der Waals surface area contributed by atoms with Crippen LogP contribution in [0.5, 0.6) is 0 Å². The number of hydrogen-bond donors (Lipinski definition) is 2. The summed E-state index contributed by atoms with van der Waals surface area (Å²) in [5, 5.41) is 12.2. The highest BCUT2D eigenvalue weighted by atomic mass is 35.5. The lowest BCUT2D eigenvalue weighted by atomic mass is 10.0. The molecule has 1 saturated heterocycles. The minimum Gasteiger partial charge on any atom is -0.478 e. The number of hydrogen-bond acceptors (Lipinski definition) is 6. The molecule has 32 heavy (non-hydrogen) atoms. The van der Waals surface area contributed by atoms with Gasteiger partial charge in [-0.3, -0.25) is 0 Å². The second-order valence-corrected chi connectivity index (χ2v) is 7.55. The first kappa shape index (κ1) is 21.7. The van der Waals surface area contributed by atoms with Gasteiger partial charge in [0.1, 0.15) is 11.6 Å². The molecule has 0 saturated carbocycles. The van der Waals surface area contributed by atoms with Gasteiger partial charge < -0.3 is 20.1 Å². The lowest BCUT2D eigenvalue weighted by Gasteiger charge is -2.29. The highest BCUT2D eigenvalue weighted by Crippen LogP contribution is 2.32. The lowest BCUT2D eigenvalue weighted by Crippen LogP contribution is -2.37. The van der Waals surface area contributed by atoms with Crippen LogP contribution in [0.3, 0.4) is 0 Å². The number of ether oxygens (including phenoxy) is 1. The fraction of sp³-hybridized carbons (Fsp3) is 0.174. The van der Waals surface area contributed by atoms with Crippen LogP contribution in [0.1, 0.15) is 5.56 Å². The van der Waals surface area contributed by atoms with Crippen LogP contribution in [-0.2, 0) is 9.53 Å². The first-order chi connectivity index (χ1) is 15.5. The van der Waals surface area contributed by atoms with E-state index in [2.05, 4.69) is 15.2 Å². The van der Waals surface area contributed by atoms with Gasteiger partial charge in [-0.2, -0.15) is 4.98 Å². The summed E-state index contributed by atoms with van der Waals surface area (Å²) in [4.78, 5) is 22.1. The Morgan fingerprint density at radius 2 is 2.03 bits per heavy atom. The fourth-order valence-electron chi connectivity index (χ4n) is 3.39. The maximum atomic E-state index is 13.7. The number of carboxylic acid groups (broad SMARTS) is 1. The topological polar surface area (TPSA) is 87.6 Å². The van der Waals surface area contributed by atoms with Crippen LogP contribution in [-0.4, -0.2) is 47.3 Å². The molecule has 0 radical (unpaired) electrons. The Kier molecular flexibility index (Phi) is 6.63. The summed E-state index contributed by atoms with van der Waals surface area (Å²) >= 11 is 5.95. The van der Waals surface area contributed by atoms with E-state index < -0.39 is 11.8 Å². The average Bonchev–Trinajstić information content (AvgIpc) is 2.78. The number of anilines is 3. The molecule has 9 heteroatoms. The van der Waals surface area contributed by atoms with Crippen molar-refractivity contribution in [2.75, 3.05) is 36.5 Å². The molecule has 3 aromatic rings. The van der Waals surface area contributed by atoms with Gasteiger partial charge >= 0.3 is 5.97 Å². The number of carbonyl (C=O) groups is 1. The molecule has 1 aliphatic heterocycles. The first-order valence-electron chi connectivity index (χ1n) is 9.92. The van der Waals surface area contributed by atoms with E-state index in [4.69, 9.17) is 26.4 Å². The molecule has 164 valence electrons. The number of nitrogens with one attached hydrogen (secondary N) is 1. The smallest absolute Gasteiger partial charge is 0.328 e. The van der Waals surface area contributed by atoms with Crippen molar-refractivity contribution >= 4 is 41.1 Å². The third-order valence-electron chi connectivity index (χ3n) is 4.81. The standard InChI is InChI=1S/C23H20ClFN4O3/c24-17-11-18(25)13-19(12-17)27-23-26-14-20(22(28-23)29-6-8-32-9-7-29)16-3-1-2-15(10-16)4-5-21(30)31/h1-5,10-14H,6-9H2,(H,30,31)(H,26,27,28)/b5-4+. The number of carboxylic acids is 1. The van der Waals surface area contributed by atoms with Gasteiger partial charge in [0.05, 0.1) is 13.2 Å². The van der Waals surface area contributed by atoms with E-state index in [1.807, 2.05) is 24.3 Å². The van der Waals surface area contributed by atoms with Crippen LogP contribution in [0.15, 0.2) is 54.7 Å². The van der Waals surface area contributed by atoms with Crippen molar-refractivity contribution in [3.63, 3.8) is 0 Å². The van der Waals surface area contributed by atoms with Crippen molar-refractivity contribution in [2.24, 2.45) is 0 Å². The van der Waals surface area contributed by atoms with Crippen LogP contribution in [0.4, 0.5) is 21.8 Å². The van der Waals surface area contributed by atoms with Crippen molar-refractivity contribution in [3.8, 4) is 11.1 Å². The molecule has 2 aromatic carbocycles. The molecule has 0 aliphatic carbocycles. The van der Waals surface area contributed by atoms with Crippen LogP contribution < -0.4 is 10.2 Å². The van der Waals surface area contributed by atoms with E-state index in [-0.39, 0.29) is 5.02 Å². The van der Waals surface area contributed by atoms with Gasteiger partial charge in [0.2, 0.25) is 5.95 Å². The Labute approximate surface area is 189 Å². The molecule has 4 rings (SSSR count). The Morgan fingerprint density at radius 1 is 1.22 bits per heavy atom. The first-order valence-corrected chi connectivity index (χ1v) is 10.3. The molecule has 1 aliphatic rings. The Hall–Kier alpha value is -3.49. The maximum Gasteiger partial charge on any atom is 0.328 e. The monoisotopic (exact) mass is 454 g/mol. The van der Waals surface area contributed by atoms with E-state index in [0.717, 1.165) is 22.8 Å². The quantitative estimate of drug-likeness (QED) is 0.525. The summed E-state index contributed by atoms with van der Waals surface area (Å²) in [6, 6.07) is 11.6. The van der Waals surface area contributed by atoms with Gasteiger partial charge in [-0.25, -0.2) is 14.2 Å². The third kappa shape index (κ3) is 5.40. The van der Waals surface area contributed by atoms with Crippen molar-refractivity contribution in [3.05, 3.63) is 71.1 Å². The van der Waals surface area contributed by atoms with Crippen LogP contribution in [0.25, 0.3) is 17.2 Å². The van der Waals surface area contributed by atoms with E-state index >= 15 is 0 Å². The lowest BCUT2D eigenvalue weighted by molar-refractivity contribution is -0.131. The second-order valence-electron chi connectivity index (χ2n) is 7.11. The molecule has 0 amide bonds. The summed E-state index contributed by atoms with van der Waals surface area (Å²) in [6.45, 7) is 2.47. The highest BCUT2D eigenvalue weighted by Gasteiger charge is 2.19. The van der Waals surface area contributed by atoms with Gasteiger partial charge in [0, 0.05) is 41.6 Å². The van der Waals surface area contributed by atoms with E-state index in [0.29, 0.717) is 43.8 Å². The molecular weight excluding hydrogens is 435 g/mol. The molecule has 0 atom stereocenters. The molecule has 2 heterocycles. The molecule has 2 N–H and O–H groups in total. The van der Waals surface area contributed by atoms with Crippen LogP contribution in [0.2, 0.25) is 5.02 Å².